The van der Waals surface area contributed by atoms with Gasteiger partial charge in [-0.2, -0.15) is 0 Å². The second kappa shape index (κ2) is 5.05. The van der Waals surface area contributed by atoms with Crippen molar-refractivity contribution in [1.82, 2.24) is 10.3 Å². The molecule has 0 aliphatic rings. The fraction of sp³-hybridized carbons (Fsp3) is 0.167. The first-order chi connectivity index (χ1) is 8.58. The van der Waals surface area contributed by atoms with E-state index in [-0.39, 0.29) is 23.3 Å². The zero-order chi connectivity index (χ0) is 13.1. The number of thiazole rings is 1. The summed E-state index contributed by atoms with van der Waals surface area (Å²) in [7, 11) is 0. The molecule has 0 saturated carbocycles. The number of amides is 1. The molecule has 1 amide bonds. The highest BCUT2D eigenvalue weighted by atomic mass is 32.1. The number of benzene rings is 1. The Kier molecular flexibility index (Phi) is 3.47. The molecule has 1 unspecified atom stereocenters. The molecule has 1 heterocycles. The summed E-state index contributed by atoms with van der Waals surface area (Å²) in [4.78, 5) is 16.1. The number of rotatable bonds is 3. The van der Waals surface area contributed by atoms with Gasteiger partial charge >= 0.3 is 0 Å². The van der Waals surface area contributed by atoms with Gasteiger partial charge in [0.15, 0.2) is 0 Å². The first-order valence-corrected chi connectivity index (χ1v) is 6.24. The minimum absolute atomic E-state index is 0.0104. The normalized spacial score (nSPS) is 12.1. The van der Waals surface area contributed by atoms with Crippen LogP contribution in [-0.4, -0.2) is 16.0 Å². The average Bonchev–Trinajstić information content (AvgIpc) is 2.85. The van der Waals surface area contributed by atoms with E-state index in [9.17, 15) is 9.90 Å². The van der Waals surface area contributed by atoms with Crippen molar-refractivity contribution in [2.75, 3.05) is 5.73 Å². The molecular formula is C12H13N3O2S. The number of anilines is 1. The maximum atomic E-state index is 12.0. The van der Waals surface area contributed by atoms with Gasteiger partial charge in [0.2, 0.25) is 0 Å². The van der Waals surface area contributed by atoms with Gasteiger partial charge in [0.05, 0.1) is 11.6 Å². The van der Waals surface area contributed by atoms with Crippen molar-refractivity contribution in [2.24, 2.45) is 0 Å². The molecule has 2 rings (SSSR count). The molecule has 1 aromatic carbocycles. The molecule has 0 radical (unpaired) electrons. The Morgan fingerprint density at radius 2 is 2.33 bits per heavy atom. The molecule has 0 aliphatic carbocycles. The number of carbonyl (C=O) groups excluding carboxylic acids is 1. The zero-order valence-corrected chi connectivity index (χ0v) is 10.6. The first kappa shape index (κ1) is 12.4. The number of phenolic OH excluding ortho intramolecular Hbond substituents is 1. The third-order valence-electron chi connectivity index (χ3n) is 2.45. The lowest BCUT2D eigenvalue weighted by molar-refractivity contribution is 0.0940. The van der Waals surface area contributed by atoms with E-state index in [4.69, 9.17) is 5.73 Å². The van der Waals surface area contributed by atoms with Crippen molar-refractivity contribution >= 4 is 22.9 Å². The number of aromatic hydroxyl groups is 1. The number of nitrogens with two attached hydrogens (primary N) is 1. The Labute approximate surface area is 108 Å². The molecule has 94 valence electrons. The van der Waals surface area contributed by atoms with Crippen molar-refractivity contribution in [3.63, 3.8) is 0 Å². The summed E-state index contributed by atoms with van der Waals surface area (Å²) in [5.41, 5.74) is 6.29. The molecule has 6 heteroatoms. The van der Waals surface area contributed by atoms with Crippen LogP contribution >= 0.6 is 11.3 Å². The Hall–Kier alpha value is -2.08. The number of nitrogen functional groups attached to an aromatic ring is 1. The number of hydrogen-bond donors (Lipinski definition) is 3. The zero-order valence-electron chi connectivity index (χ0n) is 9.75. The van der Waals surface area contributed by atoms with E-state index in [0.717, 1.165) is 5.01 Å². The van der Waals surface area contributed by atoms with E-state index in [1.807, 2.05) is 12.3 Å². The standard InChI is InChI=1S/C12H13N3O2S/c1-7(12-14-4-5-18-12)15-11(17)9-6-8(16)2-3-10(9)13/h2-7,16H,13H2,1H3,(H,15,17). The van der Waals surface area contributed by atoms with Gasteiger partial charge in [-0.05, 0) is 25.1 Å². The smallest absolute Gasteiger partial charge is 0.254 e. The van der Waals surface area contributed by atoms with Gasteiger partial charge in [-0.15, -0.1) is 11.3 Å². The summed E-state index contributed by atoms with van der Waals surface area (Å²) in [6, 6.07) is 4.09. The molecular weight excluding hydrogens is 250 g/mol. The van der Waals surface area contributed by atoms with Crippen molar-refractivity contribution in [3.8, 4) is 5.75 Å². The predicted molar refractivity (Wildman–Crippen MR) is 70.5 cm³/mol. The summed E-state index contributed by atoms with van der Waals surface area (Å²) < 4.78 is 0. The van der Waals surface area contributed by atoms with Gasteiger partial charge < -0.3 is 16.2 Å². The lowest BCUT2D eigenvalue weighted by Crippen LogP contribution is -2.27. The molecule has 0 fully saturated rings. The number of nitrogens with one attached hydrogen (secondary N) is 1. The first-order valence-electron chi connectivity index (χ1n) is 5.36. The second-order valence-electron chi connectivity index (χ2n) is 3.84. The summed E-state index contributed by atoms with van der Waals surface area (Å²) in [5, 5.41) is 14.8. The Morgan fingerprint density at radius 1 is 1.56 bits per heavy atom. The Balaban J connectivity index is 2.15. The van der Waals surface area contributed by atoms with Gasteiger partial charge in [0.25, 0.3) is 5.91 Å². The summed E-state index contributed by atoms with van der Waals surface area (Å²) in [6.07, 6.45) is 1.69. The maximum Gasteiger partial charge on any atom is 0.254 e. The molecule has 4 N–H and O–H groups in total. The van der Waals surface area contributed by atoms with Crippen LogP contribution in [0, 0.1) is 0 Å². The SMILES string of the molecule is CC(NC(=O)c1cc(O)ccc1N)c1nccs1. The van der Waals surface area contributed by atoms with Crippen molar-refractivity contribution < 1.29 is 9.90 Å². The Bertz CT molecular complexity index is 554. The van der Waals surface area contributed by atoms with Gasteiger partial charge in [-0.3, -0.25) is 4.79 Å². The third kappa shape index (κ3) is 2.60. The lowest BCUT2D eigenvalue weighted by atomic mass is 10.1. The molecule has 2 aromatic rings. The fourth-order valence-electron chi connectivity index (χ4n) is 1.53. The third-order valence-corrected chi connectivity index (χ3v) is 3.41. The minimum Gasteiger partial charge on any atom is -0.508 e. The van der Waals surface area contributed by atoms with E-state index in [2.05, 4.69) is 10.3 Å². The average molecular weight is 263 g/mol. The van der Waals surface area contributed by atoms with Crippen molar-refractivity contribution in [1.29, 1.82) is 0 Å². The van der Waals surface area contributed by atoms with E-state index >= 15 is 0 Å². The van der Waals surface area contributed by atoms with Gasteiger partial charge in [0.1, 0.15) is 10.8 Å². The number of phenols is 1. The van der Waals surface area contributed by atoms with Gasteiger partial charge in [-0.25, -0.2) is 4.98 Å². The van der Waals surface area contributed by atoms with Crippen LogP contribution in [0.3, 0.4) is 0 Å². The molecule has 0 saturated heterocycles. The summed E-state index contributed by atoms with van der Waals surface area (Å²) in [6.45, 7) is 1.84. The van der Waals surface area contributed by atoms with Crippen molar-refractivity contribution in [3.05, 3.63) is 40.3 Å². The maximum absolute atomic E-state index is 12.0. The van der Waals surface area contributed by atoms with Crippen molar-refractivity contribution in [2.45, 2.75) is 13.0 Å². The highest BCUT2D eigenvalue weighted by Crippen LogP contribution is 2.20. The molecule has 0 aliphatic heterocycles. The molecule has 1 atom stereocenters. The number of hydrogen-bond acceptors (Lipinski definition) is 5. The van der Waals surface area contributed by atoms with E-state index in [1.54, 1.807) is 6.20 Å². The van der Waals surface area contributed by atoms with E-state index < -0.39 is 0 Å². The van der Waals surface area contributed by atoms with Crippen LogP contribution in [0.5, 0.6) is 5.75 Å². The number of nitrogens with zero attached hydrogens (tertiary/aromatic N) is 1. The van der Waals surface area contributed by atoms with Crippen LogP contribution in [0.2, 0.25) is 0 Å². The quantitative estimate of drug-likeness (QED) is 0.583. The van der Waals surface area contributed by atoms with Crippen LogP contribution in [0.1, 0.15) is 28.3 Å². The topological polar surface area (TPSA) is 88.2 Å². The van der Waals surface area contributed by atoms with Gasteiger partial charge in [-0.1, -0.05) is 0 Å². The molecule has 0 spiro atoms. The highest BCUT2D eigenvalue weighted by Gasteiger charge is 2.15. The van der Waals surface area contributed by atoms with Crippen LogP contribution < -0.4 is 11.1 Å². The summed E-state index contributed by atoms with van der Waals surface area (Å²) >= 11 is 1.47. The highest BCUT2D eigenvalue weighted by molar-refractivity contribution is 7.09. The van der Waals surface area contributed by atoms with Crippen LogP contribution in [0.4, 0.5) is 5.69 Å². The van der Waals surface area contributed by atoms with Gasteiger partial charge in [0, 0.05) is 17.3 Å². The van der Waals surface area contributed by atoms with E-state index in [0.29, 0.717) is 5.69 Å². The van der Waals surface area contributed by atoms with E-state index in [1.165, 1.54) is 29.5 Å². The number of aromatic nitrogens is 1. The molecule has 5 nitrogen and oxygen atoms in total. The predicted octanol–water partition coefficient (Wildman–Crippen LogP) is 1.92. The molecule has 0 bridgehead atoms. The minimum atomic E-state index is -0.328. The Morgan fingerprint density at radius 3 is 3.00 bits per heavy atom. The fourth-order valence-corrected chi connectivity index (χ4v) is 2.17. The monoisotopic (exact) mass is 263 g/mol. The van der Waals surface area contributed by atoms with Crippen LogP contribution in [0.15, 0.2) is 29.8 Å². The summed E-state index contributed by atoms with van der Waals surface area (Å²) in [5.74, 6) is -0.317. The van der Waals surface area contributed by atoms with Crippen LogP contribution in [-0.2, 0) is 0 Å². The number of carbonyl (C=O) groups is 1. The van der Waals surface area contributed by atoms with Crippen LogP contribution in [0.25, 0.3) is 0 Å². The largest absolute Gasteiger partial charge is 0.508 e. The lowest BCUT2D eigenvalue weighted by Gasteiger charge is -2.12. The molecule has 18 heavy (non-hydrogen) atoms. The second-order valence-corrected chi connectivity index (χ2v) is 4.76. The molecule has 1 aromatic heterocycles.